The number of amides is 1. The maximum atomic E-state index is 12.7. The summed E-state index contributed by atoms with van der Waals surface area (Å²) in [6.07, 6.45) is 3.33. The van der Waals surface area contributed by atoms with E-state index < -0.39 is 0 Å². The predicted molar refractivity (Wildman–Crippen MR) is 91.1 cm³/mol. The fourth-order valence-electron chi connectivity index (χ4n) is 2.41. The molecule has 0 radical (unpaired) electrons. The molecule has 1 aromatic carbocycles. The van der Waals surface area contributed by atoms with Crippen molar-refractivity contribution in [2.75, 3.05) is 18.9 Å². The first-order valence-electron chi connectivity index (χ1n) is 7.31. The van der Waals surface area contributed by atoms with Crippen LogP contribution >= 0.6 is 15.9 Å². The Bertz CT molecular complexity index is 627. The van der Waals surface area contributed by atoms with E-state index in [1.165, 1.54) is 0 Å². The van der Waals surface area contributed by atoms with Crippen molar-refractivity contribution in [3.05, 3.63) is 41.6 Å². The number of carbonyl (C=O) groups excluding carboxylic acids is 1. The molecule has 0 saturated carbocycles. The summed E-state index contributed by atoms with van der Waals surface area (Å²) >= 11 is 3.43. The molecule has 1 heterocycles. The summed E-state index contributed by atoms with van der Waals surface area (Å²) < 4.78 is 0. The molecule has 112 valence electrons. The number of alkyl halides is 1. The molecule has 0 bridgehead atoms. The summed E-state index contributed by atoms with van der Waals surface area (Å²) in [7, 11) is 1.88. The largest absolute Gasteiger partial charge is 0.342 e. The minimum Gasteiger partial charge on any atom is -0.342 e. The van der Waals surface area contributed by atoms with Crippen molar-refractivity contribution in [3.8, 4) is 0 Å². The molecule has 0 aliphatic carbocycles. The van der Waals surface area contributed by atoms with Crippen molar-refractivity contribution >= 4 is 32.7 Å². The van der Waals surface area contributed by atoms with Gasteiger partial charge in [0.25, 0.3) is 5.91 Å². The highest BCUT2D eigenvalue weighted by Crippen LogP contribution is 2.19. The first-order chi connectivity index (χ1) is 10.1. The highest BCUT2D eigenvalue weighted by molar-refractivity contribution is 9.09. The highest BCUT2D eigenvalue weighted by atomic mass is 79.9. The number of carbonyl (C=O) groups is 1. The van der Waals surface area contributed by atoms with E-state index in [-0.39, 0.29) is 5.91 Å². The van der Waals surface area contributed by atoms with E-state index in [9.17, 15) is 4.79 Å². The summed E-state index contributed by atoms with van der Waals surface area (Å²) in [6.45, 7) is 2.72. The fraction of sp³-hybridized carbons (Fsp3) is 0.412. The zero-order valence-corrected chi connectivity index (χ0v) is 14.2. The summed E-state index contributed by atoms with van der Waals surface area (Å²) in [5, 5.41) is 1.96. The van der Waals surface area contributed by atoms with Crippen molar-refractivity contribution in [3.63, 3.8) is 0 Å². The fourth-order valence-corrected chi connectivity index (χ4v) is 2.81. The standard InChI is InChI=1S/C17H21BrN2O/c1-13-12-15(14-8-4-5-9-16(14)19-13)17(21)20(2)11-7-3-6-10-18/h4-5,8-9,12H,3,6-7,10-11H2,1-2H3. The topological polar surface area (TPSA) is 33.2 Å². The molecule has 1 amide bonds. The molecule has 0 atom stereocenters. The van der Waals surface area contributed by atoms with Gasteiger partial charge in [0.05, 0.1) is 11.1 Å². The molecule has 3 nitrogen and oxygen atoms in total. The van der Waals surface area contributed by atoms with Crippen LogP contribution in [0.5, 0.6) is 0 Å². The smallest absolute Gasteiger partial charge is 0.254 e. The SMILES string of the molecule is Cc1cc(C(=O)N(C)CCCCCBr)c2ccccc2n1. The van der Waals surface area contributed by atoms with Crippen LogP contribution in [0.4, 0.5) is 0 Å². The summed E-state index contributed by atoms with van der Waals surface area (Å²) in [5.74, 6) is 0.0792. The second-order valence-electron chi connectivity index (χ2n) is 5.30. The quantitative estimate of drug-likeness (QED) is 0.579. The molecule has 0 fully saturated rings. The van der Waals surface area contributed by atoms with Gasteiger partial charge < -0.3 is 4.90 Å². The second kappa shape index (κ2) is 7.55. The van der Waals surface area contributed by atoms with Crippen LogP contribution in [0.3, 0.4) is 0 Å². The van der Waals surface area contributed by atoms with Gasteiger partial charge in [-0.05, 0) is 31.9 Å². The Hall–Kier alpha value is -1.42. The van der Waals surface area contributed by atoms with E-state index in [1.54, 1.807) is 0 Å². The van der Waals surface area contributed by atoms with E-state index in [4.69, 9.17) is 0 Å². The van der Waals surface area contributed by atoms with Crippen molar-refractivity contribution in [1.29, 1.82) is 0 Å². The van der Waals surface area contributed by atoms with Gasteiger partial charge in [0.1, 0.15) is 0 Å². The lowest BCUT2D eigenvalue weighted by molar-refractivity contribution is 0.0794. The van der Waals surface area contributed by atoms with Gasteiger partial charge in [-0.3, -0.25) is 9.78 Å². The number of rotatable bonds is 6. The minimum atomic E-state index is 0.0792. The van der Waals surface area contributed by atoms with Gasteiger partial charge in [0.15, 0.2) is 0 Å². The molecular weight excluding hydrogens is 328 g/mol. The number of hydrogen-bond acceptors (Lipinski definition) is 2. The first-order valence-corrected chi connectivity index (χ1v) is 8.43. The van der Waals surface area contributed by atoms with E-state index in [0.29, 0.717) is 0 Å². The molecule has 4 heteroatoms. The van der Waals surface area contributed by atoms with Gasteiger partial charge in [-0.1, -0.05) is 40.5 Å². The number of pyridine rings is 1. The van der Waals surface area contributed by atoms with Crippen LogP contribution < -0.4 is 0 Å². The number of aromatic nitrogens is 1. The molecule has 0 N–H and O–H groups in total. The molecule has 0 aliphatic heterocycles. The van der Waals surface area contributed by atoms with Crippen molar-refractivity contribution in [2.45, 2.75) is 26.2 Å². The van der Waals surface area contributed by atoms with Crippen LogP contribution in [-0.2, 0) is 0 Å². The Morgan fingerprint density at radius 1 is 1.24 bits per heavy atom. The van der Waals surface area contributed by atoms with Crippen LogP contribution in [0.1, 0.15) is 35.3 Å². The second-order valence-corrected chi connectivity index (χ2v) is 6.10. The van der Waals surface area contributed by atoms with E-state index in [0.717, 1.165) is 53.3 Å². The molecule has 0 spiro atoms. The van der Waals surface area contributed by atoms with Crippen molar-refractivity contribution in [1.82, 2.24) is 9.88 Å². The van der Waals surface area contributed by atoms with E-state index in [2.05, 4.69) is 20.9 Å². The average molecular weight is 349 g/mol. The molecule has 0 aliphatic rings. The van der Waals surface area contributed by atoms with Gasteiger partial charge in [0, 0.05) is 30.0 Å². The Morgan fingerprint density at radius 2 is 2.00 bits per heavy atom. The zero-order valence-electron chi connectivity index (χ0n) is 12.6. The van der Waals surface area contributed by atoms with Gasteiger partial charge >= 0.3 is 0 Å². The molecular formula is C17H21BrN2O. The number of halogens is 1. The minimum absolute atomic E-state index is 0.0792. The molecule has 2 rings (SSSR count). The monoisotopic (exact) mass is 348 g/mol. The van der Waals surface area contributed by atoms with Crippen molar-refractivity contribution < 1.29 is 4.79 Å². The maximum Gasteiger partial charge on any atom is 0.254 e. The van der Waals surface area contributed by atoms with Gasteiger partial charge in [-0.2, -0.15) is 0 Å². The van der Waals surface area contributed by atoms with Crippen molar-refractivity contribution in [2.24, 2.45) is 0 Å². The summed E-state index contributed by atoms with van der Waals surface area (Å²) in [4.78, 5) is 19.0. The number of nitrogens with zero attached hydrogens (tertiary/aromatic N) is 2. The zero-order chi connectivity index (χ0) is 15.2. The lowest BCUT2D eigenvalue weighted by atomic mass is 10.1. The first kappa shape index (κ1) is 16.0. The Morgan fingerprint density at radius 3 is 2.76 bits per heavy atom. The van der Waals surface area contributed by atoms with Crippen LogP contribution in [0.25, 0.3) is 10.9 Å². The van der Waals surface area contributed by atoms with Crippen LogP contribution in [0.15, 0.2) is 30.3 Å². The predicted octanol–water partition coefficient (Wildman–Crippen LogP) is 4.18. The summed E-state index contributed by atoms with van der Waals surface area (Å²) in [5.41, 5.74) is 2.51. The maximum absolute atomic E-state index is 12.7. The number of aryl methyl sites for hydroxylation is 1. The molecule has 1 aromatic heterocycles. The van der Waals surface area contributed by atoms with Gasteiger partial charge in [0.2, 0.25) is 0 Å². The van der Waals surface area contributed by atoms with Crippen LogP contribution in [0, 0.1) is 6.92 Å². The number of unbranched alkanes of at least 4 members (excludes halogenated alkanes) is 2. The number of benzene rings is 1. The number of fused-ring (bicyclic) bond motifs is 1. The Balaban J connectivity index is 2.18. The Kier molecular flexibility index (Phi) is 5.74. The van der Waals surface area contributed by atoms with Crippen LogP contribution in [0.2, 0.25) is 0 Å². The number of hydrogen-bond donors (Lipinski definition) is 0. The van der Waals surface area contributed by atoms with Crippen LogP contribution in [-0.4, -0.2) is 34.7 Å². The molecule has 0 saturated heterocycles. The summed E-state index contributed by atoms with van der Waals surface area (Å²) in [6, 6.07) is 9.71. The number of para-hydroxylation sites is 1. The third-order valence-electron chi connectivity index (χ3n) is 3.55. The normalized spacial score (nSPS) is 10.8. The lowest BCUT2D eigenvalue weighted by Crippen LogP contribution is -2.28. The third kappa shape index (κ3) is 4.03. The molecule has 2 aromatic rings. The molecule has 0 unspecified atom stereocenters. The Labute approximate surface area is 134 Å². The highest BCUT2D eigenvalue weighted by Gasteiger charge is 2.15. The third-order valence-corrected chi connectivity index (χ3v) is 4.11. The average Bonchev–Trinajstić information content (AvgIpc) is 2.49. The van der Waals surface area contributed by atoms with E-state index >= 15 is 0 Å². The van der Waals surface area contributed by atoms with Gasteiger partial charge in [-0.25, -0.2) is 0 Å². The van der Waals surface area contributed by atoms with E-state index in [1.807, 2.05) is 49.2 Å². The lowest BCUT2D eigenvalue weighted by Gasteiger charge is -2.18. The van der Waals surface area contributed by atoms with Gasteiger partial charge in [-0.15, -0.1) is 0 Å². The molecule has 21 heavy (non-hydrogen) atoms.